The molecule has 4 aromatic carbocycles. The van der Waals surface area contributed by atoms with Crippen LogP contribution < -0.4 is 4.74 Å². The first kappa shape index (κ1) is 23.3. The lowest BCUT2D eigenvalue weighted by Gasteiger charge is -2.14. The molecule has 5 rings (SSSR count). The van der Waals surface area contributed by atoms with Gasteiger partial charge in [0.2, 0.25) is 0 Å². The van der Waals surface area contributed by atoms with Gasteiger partial charge in [0.15, 0.2) is 0 Å². The van der Waals surface area contributed by atoms with E-state index in [-0.39, 0.29) is 30.1 Å². The van der Waals surface area contributed by atoms with Crippen molar-refractivity contribution in [3.63, 3.8) is 0 Å². The number of ether oxygens (including phenoxy) is 1. The standard InChI is InChI=1S/C28H19BrFNO3S/c29-22-12-13-25(34-17-20-7-2-4-11-24(20)30)21(14-22)15-26-27(32)31(28(33)35-26)16-19-9-5-8-18-6-1-3-10-23(18)19/h1-15H,16-17H2/b26-15-. The minimum absolute atomic E-state index is 0.0394. The van der Waals surface area contributed by atoms with Crippen molar-refractivity contribution >= 4 is 55.7 Å². The molecular weight excluding hydrogens is 529 g/mol. The van der Waals surface area contributed by atoms with Crippen LogP contribution >= 0.6 is 27.7 Å². The number of thioether (sulfide) groups is 1. The predicted molar refractivity (Wildman–Crippen MR) is 140 cm³/mol. The van der Waals surface area contributed by atoms with Crippen molar-refractivity contribution in [2.75, 3.05) is 0 Å². The zero-order chi connectivity index (χ0) is 24.4. The molecule has 4 nitrogen and oxygen atoms in total. The molecule has 174 valence electrons. The summed E-state index contributed by atoms with van der Waals surface area (Å²) in [6.07, 6.45) is 1.65. The summed E-state index contributed by atoms with van der Waals surface area (Å²) in [7, 11) is 0. The minimum atomic E-state index is -0.354. The molecule has 0 N–H and O–H groups in total. The summed E-state index contributed by atoms with van der Waals surface area (Å²) >= 11 is 4.35. The third-order valence-corrected chi connectivity index (χ3v) is 7.08. The Hall–Kier alpha value is -3.42. The van der Waals surface area contributed by atoms with E-state index in [2.05, 4.69) is 15.9 Å². The van der Waals surface area contributed by atoms with Crippen LogP contribution in [-0.4, -0.2) is 16.0 Å². The first-order valence-corrected chi connectivity index (χ1v) is 12.5. The van der Waals surface area contributed by atoms with Crippen LogP contribution in [0.25, 0.3) is 16.8 Å². The van der Waals surface area contributed by atoms with Crippen molar-refractivity contribution in [1.82, 2.24) is 4.90 Å². The van der Waals surface area contributed by atoms with Gasteiger partial charge in [-0.2, -0.15) is 0 Å². The van der Waals surface area contributed by atoms with Gasteiger partial charge < -0.3 is 4.74 Å². The van der Waals surface area contributed by atoms with E-state index in [4.69, 9.17) is 4.74 Å². The second kappa shape index (κ2) is 10.1. The molecule has 1 aliphatic rings. The fraction of sp³-hybridized carbons (Fsp3) is 0.0714. The molecule has 0 radical (unpaired) electrons. The molecule has 0 aliphatic carbocycles. The largest absolute Gasteiger partial charge is 0.488 e. The maximum atomic E-state index is 14.0. The highest BCUT2D eigenvalue weighted by Gasteiger charge is 2.35. The van der Waals surface area contributed by atoms with Crippen molar-refractivity contribution in [1.29, 1.82) is 0 Å². The van der Waals surface area contributed by atoms with E-state index in [1.165, 1.54) is 11.0 Å². The Labute approximate surface area is 214 Å². The molecule has 2 amide bonds. The topological polar surface area (TPSA) is 46.6 Å². The van der Waals surface area contributed by atoms with Gasteiger partial charge in [-0.05, 0) is 58.4 Å². The number of hydrogen-bond acceptors (Lipinski definition) is 4. The highest BCUT2D eigenvalue weighted by molar-refractivity contribution is 9.10. The van der Waals surface area contributed by atoms with E-state index in [9.17, 15) is 14.0 Å². The molecule has 4 aromatic rings. The summed E-state index contributed by atoms with van der Waals surface area (Å²) in [6, 6.07) is 25.5. The van der Waals surface area contributed by atoms with E-state index in [1.54, 1.807) is 42.5 Å². The Morgan fingerprint density at radius 2 is 1.66 bits per heavy atom. The van der Waals surface area contributed by atoms with Crippen molar-refractivity contribution < 1.29 is 18.7 Å². The van der Waals surface area contributed by atoms with Gasteiger partial charge in [-0.25, -0.2) is 4.39 Å². The number of fused-ring (bicyclic) bond motifs is 1. The SMILES string of the molecule is O=C1S/C(=C\c2cc(Br)ccc2OCc2ccccc2F)C(=O)N1Cc1cccc2ccccc12. The second-order valence-electron chi connectivity index (χ2n) is 7.97. The number of benzene rings is 4. The fourth-order valence-corrected chi connectivity index (χ4v) is 5.12. The Bertz CT molecular complexity index is 1480. The maximum absolute atomic E-state index is 14.0. The van der Waals surface area contributed by atoms with E-state index in [0.717, 1.165) is 32.6 Å². The van der Waals surface area contributed by atoms with Gasteiger partial charge in [0.25, 0.3) is 11.1 Å². The highest BCUT2D eigenvalue weighted by Crippen LogP contribution is 2.36. The van der Waals surface area contributed by atoms with Crippen LogP contribution in [0.15, 0.2) is 94.3 Å². The lowest BCUT2D eigenvalue weighted by Crippen LogP contribution is -2.27. The molecule has 1 saturated heterocycles. The van der Waals surface area contributed by atoms with Crippen LogP contribution in [-0.2, 0) is 17.9 Å². The quantitative estimate of drug-likeness (QED) is 0.234. The average molecular weight is 548 g/mol. The van der Waals surface area contributed by atoms with Gasteiger partial charge in [0, 0.05) is 15.6 Å². The van der Waals surface area contributed by atoms with Gasteiger partial charge in [-0.15, -0.1) is 0 Å². The van der Waals surface area contributed by atoms with Crippen LogP contribution in [0.4, 0.5) is 9.18 Å². The average Bonchev–Trinajstić information content (AvgIpc) is 3.12. The summed E-state index contributed by atoms with van der Waals surface area (Å²) in [6.45, 7) is 0.232. The van der Waals surface area contributed by atoms with Crippen LogP contribution in [0, 0.1) is 5.82 Å². The van der Waals surface area contributed by atoms with Crippen molar-refractivity contribution in [3.8, 4) is 5.75 Å². The molecule has 0 unspecified atom stereocenters. The van der Waals surface area contributed by atoms with Gasteiger partial charge in [-0.1, -0.05) is 76.6 Å². The minimum Gasteiger partial charge on any atom is -0.488 e. The number of rotatable bonds is 6. The Kier molecular flexibility index (Phi) is 6.70. The zero-order valence-corrected chi connectivity index (χ0v) is 20.8. The maximum Gasteiger partial charge on any atom is 0.293 e. The van der Waals surface area contributed by atoms with Crippen molar-refractivity contribution in [2.24, 2.45) is 0 Å². The molecule has 1 heterocycles. The molecule has 1 fully saturated rings. The van der Waals surface area contributed by atoms with E-state index in [1.807, 2.05) is 42.5 Å². The zero-order valence-electron chi connectivity index (χ0n) is 18.4. The molecule has 0 saturated carbocycles. The molecular formula is C28H19BrFNO3S. The summed E-state index contributed by atoms with van der Waals surface area (Å²) in [5, 5.41) is 1.74. The first-order chi connectivity index (χ1) is 17.0. The van der Waals surface area contributed by atoms with E-state index < -0.39 is 0 Å². The molecule has 0 atom stereocenters. The van der Waals surface area contributed by atoms with Crippen LogP contribution in [0.3, 0.4) is 0 Å². The molecule has 1 aliphatic heterocycles. The normalized spacial score (nSPS) is 14.8. The van der Waals surface area contributed by atoms with Crippen LogP contribution in [0.2, 0.25) is 0 Å². The Balaban J connectivity index is 1.40. The summed E-state index contributed by atoms with van der Waals surface area (Å²) in [5.74, 6) is -0.217. The number of nitrogens with zero attached hydrogens (tertiary/aromatic N) is 1. The molecule has 0 aromatic heterocycles. The smallest absolute Gasteiger partial charge is 0.293 e. The van der Waals surface area contributed by atoms with Crippen LogP contribution in [0.1, 0.15) is 16.7 Å². The lowest BCUT2D eigenvalue weighted by atomic mass is 10.0. The van der Waals surface area contributed by atoms with Gasteiger partial charge in [0.1, 0.15) is 18.2 Å². The molecule has 0 bridgehead atoms. The highest BCUT2D eigenvalue weighted by atomic mass is 79.9. The summed E-state index contributed by atoms with van der Waals surface area (Å²) in [4.78, 5) is 27.5. The third kappa shape index (κ3) is 5.01. The number of hydrogen-bond donors (Lipinski definition) is 0. The Morgan fingerprint density at radius 1 is 0.914 bits per heavy atom. The van der Waals surface area contributed by atoms with Gasteiger partial charge in [0.05, 0.1) is 11.4 Å². The van der Waals surface area contributed by atoms with Gasteiger partial charge >= 0.3 is 0 Å². The summed E-state index contributed by atoms with van der Waals surface area (Å²) < 4.78 is 20.7. The number of amides is 2. The van der Waals surface area contributed by atoms with E-state index in [0.29, 0.717) is 21.8 Å². The summed E-state index contributed by atoms with van der Waals surface area (Å²) in [5.41, 5.74) is 1.95. The number of halogens is 2. The number of imide groups is 1. The van der Waals surface area contributed by atoms with Crippen molar-refractivity contribution in [2.45, 2.75) is 13.2 Å². The molecule has 0 spiro atoms. The first-order valence-electron chi connectivity index (χ1n) is 10.9. The molecule has 35 heavy (non-hydrogen) atoms. The Morgan fingerprint density at radius 3 is 2.51 bits per heavy atom. The number of carbonyl (C=O) groups is 2. The monoisotopic (exact) mass is 547 g/mol. The van der Waals surface area contributed by atoms with Gasteiger partial charge in [-0.3, -0.25) is 14.5 Å². The second-order valence-corrected chi connectivity index (χ2v) is 9.88. The number of carbonyl (C=O) groups excluding carboxylic acids is 2. The lowest BCUT2D eigenvalue weighted by molar-refractivity contribution is -0.123. The van der Waals surface area contributed by atoms with Crippen LogP contribution in [0.5, 0.6) is 5.75 Å². The fourth-order valence-electron chi connectivity index (χ4n) is 3.91. The predicted octanol–water partition coefficient (Wildman–Crippen LogP) is 7.56. The van der Waals surface area contributed by atoms with E-state index >= 15 is 0 Å². The van der Waals surface area contributed by atoms with Crippen molar-refractivity contribution in [3.05, 3.63) is 117 Å². The molecule has 7 heteroatoms. The third-order valence-electron chi connectivity index (χ3n) is 5.68.